The van der Waals surface area contributed by atoms with Crippen LogP contribution in [0.2, 0.25) is 10.0 Å². The summed E-state index contributed by atoms with van der Waals surface area (Å²) in [5.74, 6) is 0.398. The highest BCUT2D eigenvalue weighted by atomic mass is 35.5. The van der Waals surface area contributed by atoms with Gasteiger partial charge in [0, 0.05) is 5.02 Å². The highest BCUT2D eigenvalue weighted by Gasteiger charge is 2.05. The van der Waals surface area contributed by atoms with Gasteiger partial charge in [0.1, 0.15) is 11.6 Å². The third-order valence-corrected chi connectivity index (χ3v) is 2.53. The molecular weight excluding hydrogens is 261 g/mol. The zero-order valence-corrected chi connectivity index (χ0v) is 10.2. The van der Waals surface area contributed by atoms with Gasteiger partial charge in [-0.15, -0.1) is 0 Å². The lowest BCUT2D eigenvalue weighted by Crippen LogP contribution is -2.01. The lowest BCUT2D eigenvalue weighted by molar-refractivity contribution is 0.294. The molecule has 1 aromatic heterocycles. The quantitative estimate of drug-likeness (QED) is 0.931. The number of halogens is 2. The molecule has 88 valence electrons. The number of benzene rings is 1. The Hall–Kier alpha value is -1.52. The van der Waals surface area contributed by atoms with Crippen molar-refractivity contribution in [1.82, 2.24) is 9.97 Å². The van der Waals surface area contributed by atoms with Crippen LogP contribution in [0.4, 0.5) is 5.95 Å². The number of nitrogens with two attached hydrogens (primary N) is 1. The van der Waals surface area contributed by atoms with E-state index in [0.717, 1.165) is 5.56 Å². The number of hydrogen-bond acceptors (Lipinski definition) is 4. The fourth-order valence-corrected chi connectivity index (χ4v) is 1.47. The highest BCUT2D eigenvalue weighted by molar-refractivity contribution is 6.31. The van der Waals surface area contributed by atoms with Crippen LogP contribution in [-0.2, 0) is 6.61 Å². The van der Waals surface area contributed by atoms with Gasteiger partial charge < -0.3 is 10.5 Å². The Kier molecular flexibility index (Phi) is 3.66. The van der Waals surface area contributed by atoms with E-state index >= 15 is 0 Å². The van der Waals surface area contributed by atoms with Gasteiger partial charge in [-0.05, 0) is 17.7 Å². The topological polar surface area (TPSA) is 61.0 Å². The molecule has 2 N–H and O–H groups in total. The van der Waals surface area contributed by atoms with Gasteiger partial charge in [-0.3, -0.25) is 0 Å². The van der Waals surface area contributed by atoms with Crippen LogP contribution in [0.5, 0.6) is 5.88 Å². The maximum absolute atomic E-state index is 5.86. The van der Waals surface area contributed by atoms with Crippen molar-refractivity contribution in [3.8, 4) is 5.88 Å². The number of ether oxygens (including phenoxy) is 1. The Labute approximate surface area is 108 Å². The van der Waals surface area contributed by atoms with Crippen molar-refractivity contribution < 1.29 is 4.74 Å². The summed E-state index contributed by atoms with van der Waals surface area (Å²) < 4.78 is 5.44. The zero-order valence-electron chi connectivity index (χ0n) is 8.73. The van der Waals surface area contributed by atoms with E-state index in [4.69, 9.17) is 33.7 Å². The fourth-order valence-electron chi connectivity index (χ4n) is 1.20. The van der Waals surface area contributed by atoms with E-state index in [1.807, 2.05) is 12.1 Å². The van der Waals surface area contributed by atoms with Gasteiger partial charge in [0.2, 0.25) is 11.8 Å². The molecule has 0 aliphatic heterocycles. The van der Waals surface area contributed by atoms with Crippen molar-refractivity contribution in [2.45, 2.75) is 6.61 Å². The Balaban J connectivity index is 2.07. The standard InChI is InChI=1S/C11H9Cl2N3O/c12-8-3-1-7(2-4-8)6-17-10-9(13)5-15-11(14)16-10/h1-5H,6H2,(H2,14,15,16). The molecule has 0 fully saturated rings. The minimum Gasteiger partial charge on any atom is -0.472 e. The summed E-state index contributed by atoms with van der Waals surface area (Å²) in [6, 6.07) is 7.30. The zero-order chi connectivity index (χ0) is 12.3. The van der Waals surface area contributed by atoms with Gasteiger partial charge >= 0.3 is 0 Å². The van der Waals surface area contributed by atoms with E-state index in [1.54, 1.807) is 12.1 Å². The summed E-state index contributed by atoms with van der Waals surface area (Å²) in [6.45, 7) is 0.341. The van der Waals surface area contributed by atoms with Crippen LogP contribution in [0.25, 0.3) is 0 Å². The molecule has 0 spiro atoms. The summed E-state index contributed by atoms with van der Waals surface area (Å²) in [7, 11) is 0. The average Bonchev–Trinajstić information content (AvgIpc) is 2.32. The average molecular weight is 270 g/mol. The van der Waals surface area contributed by atoms with Gasteiger partial charge in [-0.1, -0.05) is 35.3 Å². The van der Waals surface area contributed by atoms with Crippen LogP contribution < -0.4 is 10.5 Å². The molecule has 0 radical (unpaired) electrons. The van der Waals surface area contributed by atoms with E-state index in [-0.39, 0.29) is 11.8 Å². The third kappa shape index (κ3) is 3.22. The predicted molar refractivity (Wildman–Crippen MR) is 67.2 cm³/mol. The van der Waals surface area contributed by atoms with Gasteiger partial charge in [-0.25, -0.2) is 4.98 Å². The summed E-state index contributed by atoms with van der Waals surface area (Å²) in [6.07, 6.45) is 1.40. The molecule has 2 rings (SSSR count). The summed E-state index contributed by atoms with van der Waals surface area (Å²) in [4.78, 5) is 7.64. The Morgan fingerprint density at radius 3 is 2.59 bits per heavy atom. The molecule has 17 heavy (non-hydrogen) atoms. The molecule has 0 saturated carbocycles. The lowest BCUT2D eigenvalue weighted by Gasteiger charge is -2.07. The molecule has 6 heteroatoms. The Morgan fingerprint density at radius 2 is 1.88 bits per heavy atom. The number of nitrogen functional groups attached to an aromatic ring is 1. The normalized spacial score (nSPS) is 10.2. The van der Waals surface area contributed by atoms with E-state index in [0.29, 0.717) is 16.7 Å². The monoisotopic (exact) mass is 269 g/mol. The van der Waals surface area contributed by atoms with Crippen molar-refractivity contribution in [3.05, 3.63) is 46.1 Å². The Morgan fingerprint density at radius 1 is 1.18 bits per heavy atom. The largest absolute Gasteiger partial charge is 0.472 e. The molecular formula is C11H9Cl2N3O. The molecule has 0 bridgehead atoms. The first-order valence-corrected chi connectivity index (χ1v) is 5.56. The first-order chi connectivity index (χ1) is 8.15. The predicted octanol–water partition coefficient (Wildman–Crippen LogP) is 2.94. The van der Waals surface area contributed by atoms with E-state index in [1.165, 1.54) is 6.20 Å². The molecule has 1 heterocycles. The van der Waals surface area contributed by atoms with E-state index < -0.39 is 0 Å². The Bertz CT molecular complexity index is 517. The molecule has 0 amide bonds. The van der Waals surface area contributed by atoms with Crippen LogP contribution in [0.3, 0.4) is 0 Å². The van der Waals surface area contributed by atoms with Gasteiger partial charge in [0.05, 0.1) is 6.20 Å². The first-order valence-electron chi connectivity index (χ1n) is 4.80. The number of hydrogen-bond donors (Lipinski definition) is 1. The minimum absolute atomic E-state index is 0.125. The molecule has 2 aromatic rings. The van der Waals surface area contributed by atoms with Gasteiger partial charge in [0.15, 0.2) is 0 Å². The molecule has 1 aromatic carbocycles. The second-order valence-corrected chi connectivity index (χ2v) is 4.14. The lowest BCUT2D eigenvalue weighted by atomic mass is 10.2. The van der Waals surface area contributed by atoms with E-state index in [2.05, 4.69) is 9.97 Å². The molecule has 0 saturated heterocycles. The van der Waals surface area contributed by atoms with Gasteiger partial charge in [-0.2, -0.15) is 4.98 Å². The van der Waals surface area contributed by atoms with Crippen LogP contribution in [0, 0.1) is 0 Å². The van der Waals surface area contributed by atoms with Crippen LogP contribution in [0.15, 0.2) is 30.5 Å². The first kappa shape index (κ1) is 12.0. The smallest absolute Gasteiger partial charge is 0.237 e. The summed E-state index contributed by atoms with van der Waals surface area (Å²) in [5.41, 5.74) is 6.40. The van der Waals surface area contributed by atoms with Crippen LogP contribution in [-0.4, -0.2) is 9.97 Å². The van der Waals surface area contributed by atoms with Crippen LogP contribution >= 0.6 is 23.2 Å². The molecule has 0 atom stereocenters. The van der Waals surface area contributed by atoms with Gasteiger partial charge in [0.25, 0.3) is 0 Å². The van der Waals surface area contributed by atoms with Crippen molar-refractivity contribution in [3.63, 3.8) is 0 Å². The fraction of sp³-hybridized carbons (Fsp3) is 0.0909. The molecule has 0 aliphatic carbocycles. The summed E-state index contributed by atoms with van der Waals surface area (Å²) >= 11 is 11.6. The number of aromatic nitrogens is 2. The molecule has 0 unspecified atom stereocenters. The molecule has 4 nitrogen and oxygen atoms in total. The van der Waals surface area contributed by atoms with E-state index in [9.17, 15) is 0 Å². The maximum Gasteiger partial charge on any atom is 0.237 e. The van der Waals surface area contributed by atoms with Crippen molar-refractivity contribution in [2.75, 3.05) is 5.73 Å². The minimum atomic E-state index is 0.125. The maximum atomic E-state index is 5.86. The number of nitrogens with zero attached hydrogens (tertiary/aromatic N) is 2. The number of rotatable bonds is 3. The summed E-state index contributed by atoms with van der Waals surface area (Å²) in [5, 5.41) is 1.01. The SMILES string of the molecule is Nc1ncc(Cl)c(OCc2ccc(Cl)cc2)n1. The highest BCUT2D eigenvalue weighted by Crippen LogP contribution is 2.22. The van der Waals surface area contributed by atoms with Crippen molar-refractivity contribution in [1.29, 1.82) is 0 Å². The third-order valence-electron chi connectivity index (χ3n) is 2.02. The van der Waals surface area contributed by atoms with Crippen molar-refractivity contribution in [2.24, 2.45) is 0 Å². The molecule has 0 aliphatic rings. The second-order valence-electron chi connectivity index (χ2n) is 3.30. The number of anilines is 1. The van der Waals surface area contributed by atoms with Crippen LogP contribution in [0.1, 0.15) is 5.56 Å². The second kappa shape index (κ2) is 5.21. The van der Waals surface area contributed by atoms with Crippen molar-refractivity contribution >= 4 is 29.2 Å².